The summed E-state index contributed by atoms with van der Waals surface area (Å²) in [5.41, 5.74) is 2.28. The van der Waals surface area contributed by atoms with Crippen molar-refractivity contribution in [1.82, 2.24) is 9.80 Å². The first kappa shape index (κ1) is 27.9. The number of nitrogens with zero attached hydrogens (tertiary/aromatic N) is 4. The molecule has 38 heavy (non-hydrogen) atoms. The van der Waals surface area contributed by atoms with Crippen molar-refractivity contribution >= 4 is 11.6 Å². The predicted molar refractivity (Wildman–Crippen MR) is 138 cm³/mol. The third-order valence-electron chi connectivity index (χ3n) is 8.23. The molecule has 3 heterocycles. The molecule has 2 aliphatic rings. The topological polar surface area (TPSA) is 72.1 Å². The Morgan fingerprint density at radius 2 is 1.68 bits per heavy atom. The lowest BCUT2D eigenvalue weighted by Gasteiger charge is -2.49. The van der Waals surface area contributed by atoms with E-state index < -0.39 is 11.7 Å². The van der Waals surface area contributed by atoms with Crippen LogP contribution in [0.3, 0.4) is 0 Å². The Labute approximate surface area is 221 Å². The zero-order chi connectivity index (χ0) is 27.7. The number of pyridine rings is 1. The van der Waals surface area contributed by atoms with Crippen molar-refractivity contribution in [2.75, 3.05) is 33.3 Å². The lowest BCUT2D eigenvalue weighted by atomic mass is 9.82. The number of carbonyl (C=O) groups excluding carboxylic acids is 1. The summed E-state index contributed by atoms with van der Waals surface area (Å²) in [7, 11) is 1.45. The number of alkyl halides is 3. The molecule has 0 aliphatic carbocycles. The number of carbonyl (C=O) groups is 1. The van der Waals surface area contributed by atoms with Crippen LogP contribution in [0.2, 0.25) is 0 Å². The highest BCUT2D eigenvalue weighted by molar-refractivity contribution is 6.02. The number of hydrogen-bond donors (Lipinski definition) is 0. The standard InChI is InChI=1S/C28H35F3N4O3/c1-19-9-16-35(37)20(2)24(19)26(36)33-17-12-27(3,13-18-33)34-14-10-22(11-15-34)25(32-38-4)21-5-7-23(8-6-21)28(29,30)31/h5-9,16,22H,10-15,17-18H2,1-4H3/b32-25+. The lowest BCUT2D eigenvalue weighted by Crippen LogP contribution is -2.57. The number of hydrogen-bond acceptors (Lipinski definition) is 5. The molecule has 2 fully saturated rings. The summed E-state index contributed by atoms with van der Waals surface area (Å²) in [5, 5.41) is 16.2. The van der Waals surface area contributed by atoms with Gasteiger partial charge in [0.05, 0.1) is 11.3 Å². The first-order valence-corrected chi connectivity index (χ1v) is 13.0. The average Bonchev–Trinajstić information content (AvgIpc) is 2.90. The second-order valence-electron chi connectivity index (χ2n) is 10.6. The van der Waals surface area contributed by atoms with Gasteiger partial charge in [-0.3, -0.25) is 9.69 Å². The van der Waals surface area contributed by atoms with Gasteiger partial charge >= 0.3 is 6.18 Å². The smallest absolute Gasteiger partial charge is 0.416 e. The van der Waals surface area contributed by atoms with Crippen LogP contribution in [0.4, 0.5) is 13.2 Å². The second-order valence-corrected chi connectivity index (χ2v) is 10.6. The highest BCUT2D eigenvalue weighted by Crippen LogP contribution is 2.35. The molecule has 2 aromatic rings. The minimum absolute atomic E-state index is 0.0616. The number of aromatic nitrogens is 1. The number of oxime groups is 1. The first-order valence-electron chi connectivity index (χ1n) is 13.0. The fourth-order valence-corrected chi connectivity index (χ4v) is 5.74. The Balaban J connectivity index is 1.38. The number of rotatable bonds is 5. The first-order chi connectivity index (χ1) is 17.9. The van der Waals surface area contributed by atoms with E-state index in [-0.39, 0.29) is 17.4 Å². The number of amides is 1. The number of piperidine rings is 2. The van der Waals surface area contributed by atoms with Gasteiger partial charge in [-0.2, -0.15) is 17.9 Å². The normalized spacial score (nSPS) is 19.4. The van der Waals surface area contributed by atoms with Crippen LogP contribution in [0.15, 0.2) is 41.7 Å². The van der Waals surface area contributed by atoms with Crippen LogP contribution in [0, 0.1) is 25.0 Å². The van der Waals surface area contributed by atoms with Crippen LogP contribution in [0.5, 0.6) is 0 Å². The summed E-state index contributed by atoms with van der Waals surface area (Å²) in [5.74, 6) is -0.0149. The maximum atomic E-state index is 13.2. The molecule has 4 rings (SSSR count). The Morgan fingerprint density at radius 3 is 2.24 bits per heavy atom. The van der Waals surface area contributed by atoms with E-state index in [0.717, 1.165) is 61.2 Å². The number of halogens is 3. The Kier molecular flexibility index (Phi) is 8.01. The third kappa shape index (κ3) is 5.65. The maximum absolute atomic E-state index is 13.2. The van der Waals surface area contributed by atoms with Crippen LogP contribution in [0.1, 0.15) is 65.3 Å². The van der Waals surface area contributed by atoms with Crippen molar-refractivity contribution in [3.63, 3.8) is 0 Å². The quantitative estimate of drug-likeness (QED) is 0.242. The summed E-state index contributed by atoms with van der Waals surface area (Å²) < 4.78 is 39.7. The Hall–Kier alpha value is -3.14. The molecule has 1 amide bonds. The molecule has 1 aromatic carbocycles. The summed E-state index contributed by atoms with van der Waals surface area (Å²) in [4.78, 5) is 22.6. The molecule has 206 valence electrons. The van der Waals surface area contributed by atoms with Gasteiger partial charge in [-0.15, -0.1) is 0 Å². The number of benzene rings is 1. The Bertz CT molecular complexity index is 1180. The minimum Gasteiger partial charge on any atom is -0.618 e. The van der Waals surface area contributed by atoms with Gasteiger partial charge in [0.15, 0.2) is 6.20 Å². The number of likely N-dealkylation sites (tertiary alicyclic amines) is 2. The van der Waals surface area contributed by atoms with Crippen LogP contribution in [-0.2, 0) is 11.0 Å². The molecule has 0 saturated carbocycles. The molecule has 7 nitrogen and oxygen atoms in total. The summed E-state index contributed by atoms with van der Waals surface area (Å²) >= 11 is 0. The molecule has 1 aromatic heterocycles. The molecule has 0 atom stereocenters. The summed E-state index contributed by atoms with van der Waals surface area (Å²) in [6.45, 7) is 8.64. The maximum Gasteiger partial charge on any atom is 0.416 e. The molecule has 0 spiro atoms. The van der Waals surface area contributed by atoms with Gasteiger partial charge in [-0.25, -0.2) is 0 Å². The van der Waals surface area contributed by atoms with Crippen molar-refractivity contribution < 1.29 is 27.5 Å². The van der Waals surface area contributed by atoms with Gasteiger partial charge in [0, 0.05) is 37.5 Å². The summed E-state index contributed by atoms with van der Waals surface area (Å²) in [6, 6.07) is 6.77. The zero-order valence-electron chi connectivity index (χ0n) is 22.3. The van der Waals surface area contributed by atoms with Crippen molar-refractivity contribution in [2.24, 2.45) is 11.1 Å². The van der Waals surface area contributed by atoms with E-state index in [1.54, 1.807) is 13.0 Å². The minimum atomic E-state index is -4.38. The predicted octanol–water partition coefficient (Wildman–Crippen LogP) is 4.71. The van der Waals surface area contributed by atoms with Crippen LogP contribution in [0.25, 0.3) is 0 Å². The largest absolute Gasteiger partial charge is 0.618 e. The Morgan fingerprint density at radius 1 is 1.08 bits per heavy atom. The molecule has 10 heteroatoms. The highest BCUT2D eigenvalue weighted by Gasteiger charge is 2.40. The van der Waals surface area contributed by atoms with Crippen molar-refractivity contribution in [3.8, 4) is 0 Å². The van der Waals surface area contributed by atoms with Gasteiger partial charge in [0.25, 0.3) is 5.91 Å². The van der Waals surface area contributed by atoms with Crippen molar-refractivity contribution in [2.45, 2.75) is 58.2 Å². The highest BCUT2D eigenvalue weighted by atomic mass is 19.4. The van der Waals surface area contributed by atoms with E-state index in [2.05, 4.69) is 17.0 Å². The third-order valence-corrected chi connectivity index (χ3v) is 8.23. The van der Waals surface area contributed by atoms with Crippen molar-refractivity contribution in [3.05, 3.63) is 69.7 Å². The van der Waals surface area contributed by atoms with Crippen LogP contribution in [-0.4, -0.2) is 60.2 Å². The lowest BCUT2D eigenvalue weighted by molar-refractivity contribution is -0.612. The molecule has 2 saturated heterocycles. The molecule has 2 aliphatic heterocycles. The molecular formula is C28H35F3N4O3. The van der Waals surface area contributed by atoms with Gasteiger partial charge < -0.3 is 14.9 Å². The molecule has 0 N–H and O–H groups in total. The fraction of sp³-hybridized carbons (Fsp3) is 0.536. The second kappa shape index (κ2) is 10.9. The van der Waals surface area contributed by atoms with Gasteiger partial charge in [0.2, 0.25) is 5.69 Å². The SMILES string of the molecule is CO/N=C(\c1ccc(C(F)(F)F)cc1)C1CCN(C2(C)CCN(C(=O)c3c(C)cc[n+]([O-])c3C)CC2)CC1. The van der Waals surface area contributed by atoms with Gasteiger partial charge in [-0.1, -0.05) is 17.3 Å². The van der Waals surface area contributed by atoms with Gasteiger partial charge in [-0.05, 0) is 75.9 Å². The molecule has 0 bridgehead atoms. The van der Waals surface area contributed by atoms with E-state index in [4.69, 9.17) is 4.84 Å². The van der Waals surface area contributed by atoms with E-state index >= 15 is 0 Å². The van der Waals surface area contributed by atoms with E-state index in [0.29, 0.717) is 35.6 Å². The van der Waals surface area contributed by atoms with E-state index in [1.165, 1.54) is 25.4 Å². The number of aryl methyl sites for hydroxylation is 1. The molecule has 0 radical (unpaired) electrons. The fourth-order valence-electron chi connectivity index (χ4n) is 5.74. The molecular weight excluding hydrogens is 497 g/mol. The zero-order valence-corrected chi connectivity index (χ0v) is 22.3. The van der Waals surface area contributed by atoms with E-state index in [9.17, 15) is 23.2 Å². The van der Waals surface area contributed by atoms with Gasteiger partial charge in [0.1, 0.15) is 12.7 Å². The van der Waals surface area contributed by atoms with Crippen LogP contribution < -0.4 is 4.73 Å². The van der Waals surface area contributed by atoms with Crippen molar-refractivity contribution in [1.29, 1.82) is 0 Å². The summed E-state index contributed by atoms with van der Waals surface area (Å²) in [6.07, 6.45) is 0.321. The monoisotopic (exact) mass is 532 g/mol. The van der Waals surface area contributed by atoms with E-state index in [1.807, 2.05) is 11.8 Å². The van der Waals surface area contributed by atoms with Crippen LogP contribution >= 0.6 is 0 Å². The molecule has 0 unspecified atom stereocenters. The average molecular weight is 533 g/mol.